The predicted molar refractivity (Wildman–Crippen MR) is 52.4 cm³/mol. The van der Waals surface area contributed by atoms with Crippen LogP contribution >= 0.6 is 11.6 Å². The Balaban J connectivity index is 3.19. The van der Waals surface area contributed by atoms with Crippen LogP contribution in [0.5, 0.6) is 5.75 Å². The van der Waals surface area contributed by atoms with Crippen molar-refractivity contribution in [2.75, 3.05) is 0 Å². The Morgan fingerprint density at radius 1 is 1.57 bits per heavy atom. The van der Waals surface area contributed by atoms with E-state index in [9.17, 15) is 9.90 Å². The third-order valence-corrected chi connectivity index (χ3v) is 2.19. The van der Waals surface area contributed by atoms with Gasteiger partial charge in [-0.05, 0) is 24.1 Å². The zero-order valence-electron chi connectivity index (χ0n) is 7.49. The molecule has 1 atom stereocenters. The quantitative estimate of drug-likeness (QED) is 0.697. The van der Waals surface area contributed by atoms with E-state index in [1.165, 1.54) is 12.1 Å². The van der Waals surface area contributed by atoms with Gasteiger partial charge in [-0.25, -0.2) is 0 Å². The van der Waals surface area contributed by atoms with Gasteiger partial charge >= 0.3 is 5.97 Å². The molecule has 0 aliphatic rings. The molecule has 1 aromatic rings. The van der Waals surface area contributed by atoms with E-state index in [0.29, 0.717) is 11.1 Å². The molecule has 14 heavy (non-hydrogen) atoms. The van der Waals surface area contributed by atoms with Crippen molar-refractivity contribution in [3.05, 3.63) is 28.3 Å². The lowest BCUT2D eigenvalue weighted by molar-refractivity contribution is -0.138. The highest BCUT2D eigenvalue weighted by atomic mass is 35.5. The van der Waals surface area contributed by atoms with E-state index in [2.05, 4.69) is 0 Å². The van der Waals surface area contributed by atoms with Gasteiger partial charge in [-0.1, -0.05) is 17.7 Å². The molecule has 0 saturated heterocycles. The van der Waals surface area contributed by atoms with E-state index >= 15 is 0 Å². The number of benzene rings is 1. The number of halogens is 1. The average molecular weight is 216 g/mol. The second kappa shape index (κ2) is 3.86. The van der Waals surface area contributed by atoms with Crippen LogP contribution in [0.3, 0.4) is 0 Å². The zero-order valence-corrected chi connectivity index (χ0v) is 8.25. The molecule has 0 aliphatic heterocycles. The minimum atomic E-state index is -1.13. The van der Waals surface area contributed by atoms with Gasteiger partial charge in [-0.3, -0.25) is 4.79 Å². The Kier molecular flexibility index (Phi) is 2.98. The topological polar surface area (TPSA) is 83.6 Å². The van der Waals surface area contributed by atoms with E-state index in [1.807, 2.05) is 0 Å². The summed E-state index contributed by atoms with van der Waals surface area (Å²) in [6.07, 6.45) is 0. The van der Waals surface area contributed by atoms with Crippen LogP contribution in [0, 0.1) is 6.92 Å². The molecule has 0 aliphatic carbocycles. The van der Waals surface area contributed by atoms with E-state index < -0.39 is 12.0 Å². The Bertz CT molecular complexity index is 355. The van der Waals surface area contributed by atoms with Gasteiger partial charge in [0.1, 0.15) is 11.8 Å². The zero-order chi connectivity index (χ0) is 10.9. The SMILES string of the molecule is Cc1cc(C(N)C(=O)O)cc(Cl)c1O. The molecular formula is C9H10ClNO3. The molecule has 4 N–H and O–H groups in total. The summed E-state index contributed by atoms with van der Waals surface area (Å²) in [7, 11) is 0. The second-order valence-electron chi connectivity index (χ2n) is 2.98. The fourth-order valence-corrected chi connectivity index (χ4v) is 1.36. The van der Waals surface area contributed by atoms with E-state index in [0.717, 1.165) is 0 Å². The van der Waals surface area contributed by atoms with Crippen molar-refractivity contribution in [3.63, 3.8) is 0 Å². The van der Waals surface area contributed by atoms with Crippen LogP contribution in [0.4, 0.5) is 0 Å². The first-order valence-electron chi connectivity index (χ1n) is 3.91. The number of rotatable bonds is 2. The molecular weight excluding hydrogens is 206 g/mol. The molecule has 1 unspecified atom stereocenters. The third-order valence-electron chi connectivity index (χ3n) is 1.90. The first-order valence-corrected chi connectivity index (χ1v) is 4.28. The van der Waals surface area contributed by atoms with Crippen molar-refractivity contribution in [2.24, 2.45) is 5.73 Å². The van der Waals surface area contributed by atoms with Crippen molar-refractivity contribution in [1.29, 1.82) is 0 Å². The number of phenols is 1. The van der Waals surface area contributed by atoms with Gasteiger partial charge in [-0.15, -0.1) is 0 Å². The van der Waals surface area contributed by atoms with Crippen LogP contribution in [0.2, 0.25) is 5.02 Å². The van der Waals surface area contributed by atoms with E-state index in [-0.39, 0.29) is 10.8 Å². The maximum Gasteiger partial charge on any atom is 0.325 e. The molecule has 0 saturated carbocycles. The summed E-state index contributed by atoms with van der Waals surface area (Å²) < 4.78 is 0. The normalized spacial score (nSPS) is 12.5. The molecule has 1 rings (SSSR count). The number of hydrogen-bond donors (Lipinski definition) is 3. The largest absolute Gasteiger partial charge is 0.506 e. The molecule has 0 bridgehead atoms. The third kappa shape index (κ3) is 1.97. The summed E-state index contributed by atoms with van der Waals surface area (Å²) in [6, 6.07) is 1.73. The van der Waals surface area contributed by atoms with Crippen molar-refractivity contribution in [1.82, 2.24) is 0 Å². The average Bonchev–Trinajstić information content (AvgIpc) is 2.12. The number of carboxylic acids is 1. The molecule has 0 aromatic heterocycles. The number of carbonyl (C=O) groups is 1. The fraction of sp³-hybridized carbons (Fsp3) is 0.222. The lowest BCUT2D eigenvalue weighted by atomic mass is 10.0. The van der Waals surface area contributed by atoms with Crippen LogP contribution in [0.25, 0.3) is 0 Å². The monoisotopic (exact) mass is 215 g/mol. The number of aryl methyl sites for hydroxylation is 1. The van der Waals surface area contributed by atoms with Crippen molar-refractivity contribution in [2.45, 2.75) is 13.0 Å². The van der Waals surface area contributed by atoms with Crippen LogP contribution in [0.15, 0.2) is 12.1 Å². The van der Waals surface area contributed by atoms with E-state index in [1.54, 1.807) is 6.92 Å². The van der Waals surface area contributed by atoms with Crippen LogP contribution in [0.1, 0.15) is 17.2 Å². The fourth-order valence-electron chi connectivity index (χ4n) is 1.09. The minimum absolute atomic E-state index is 0.0481. The lowest BCUT2D eigenvalue weighted by Crippen LogP contribution is -2.20. The number of aliphatic carboxylic acids is 1. The first-order chi connectivity index (χ1) is 6.43. The molecule has 1 aromatic carbocycles. The highest BCUT2D eigenvalue weighted by molar-refractivity contribution is 6.32. The highest BCUT2D eigenvalue weighted by Crippen LogP contribution is 2.30. The number of hydrogen-bond acceptors (Lipinski definition) is 3. The minimum Gasteiger partial charge on any atom is -0.506 e. The summed E-state index contributed by atoms with van der Waals surface area (Å²) in [4.78, 5) is 10.6. The van der Waals surface area contributed by atoms with Gasteiger partial charge < -0.3 is 15.9 Å². The molecule has 0 radical (unpaired) electrons. The van der Waals surface area contributed by atoms with Gasteiger partial charge in [-0.2, -0.15) is 0 Å². The van der Waals surface area contributed by atoms with Crippen molar-refractivity contribution in [3.8, 4) is 5.75 Å². The number of carboxylic acid groups (broad SMARTS) is 1. The van der Waals surface area contributed by atoms with Crippen molar-refractivity contribution < 1.29 is 15.0 Å². The summed E-state index contributed by atoms with van der Waals surface area (Å²) in [6.45, 7) is 1.62. The van der Waals surface area contributed by atoms with Crippen LogP contribution in [-0.4, -0.2) is 16.2 Å². The Labute approximate surface area is 85.9 Å². The lowest BCUT2D eigenvalue weighted by Gasteiger charge is -2.09. The summed E-state index contributed by atoms with van der Waals surface area (Å²) >= 11 is 5.67. The molecule has 0 fully saturated rings. The predicted octanol–water partition coefficient (Wildman–Crippen LogP) is 1.44. The van der Waals surface area contributed by atoms with Gasteiger partial charge in [0.05, 0.1) is 5.02 Å². The first kappa shape index (κ1) is 10.8. The number of aromatic hydroxyl groups is 1. The van der Waals surface area contributed by atoms with Crippen molar-refractivity contribution >= 4 is 17.6 Å². The molecule has 0 heterocycles. The molecule has 0 amide bonds. The Hall–Kier alpha value is -1.26. The summed E-state index contributed by atoms with van der Waals surface area (Å²) in [5, 5.41) is 18.1. The van der Waals surface area contributed by atoms with Gasteiger partial charge in [0.15, 0.2) is 0 Å². The number of phenolic OH excluding ortho intramolecular Hbond substituents is 1. The maximum atomic E-state index is 10.6. The van der Waals surface area contributed by atoms with E-state index in [4.69, 9.17) is 22.4 Å². The second-order valence-corrected chi connectivity index (χ2v) is 3.39. The van der Waals surface area contributed by atoms with Crippen LogP contribution < -0.4 is 5.73 Å². The standard InChI is InChI=1S/C9H10ClNO3/c1-4-2-5(7(11)9(13)14)3-6(10)8(4)12/h2-3,7,12H,11H2,1H3,(H,13,14). The molecule has 0 spiro atoms. The van der Waals surface area contributed by atoms with Gasteiger partial charge in [0, 0.05) is 0 Å². The number of nitrogens with two attached hydrogens (primary N) is 1. The Morgan fingerprint density at radius 2 is 2.14 bits per heavy atom. The smallest absolute Gasteiger partial charge is 0.325 e. The summed E-state index contributed by atoms with van der Waals surface area (Å²) in [5.41, 5.74) is 6.26. The molecule has 4 nitrogen and oxygen atoms in total. The van der Waals surface area contributed by atoms with Gasteiger partial charge in [0.2, 0.25) is 0 Å². The Morgan fingerprint density at radius 3 is 2.57 bits per heavy atom. The molecule has 5 heteroatoms. The maximum absolute atomic E-state index is 10.6. The van der Waals surface area contributed by atoms with Crippen LogP contribution in [-0.2, 0) is 4.79 Å². The highest BCUT2D eigenvalue weighted by Gasteiger charge is 2.16. The summed E-state index contributed by atoms with van der Waals surface area (Å²) in [5.74, 6) is -1.18. The molecule has 76 valence electrons. The van der Waals surface area contributed by atoms with Gasteiger partial charge in [0.25, 0.3) is 0 Å².